The normalized spacial score (nSPS) is 40.5. The predicted octanol–water partition coefficient (Wildman–Crippen LogP) is 0.262. The maximum absolute atomic E-state index is 14.0. The number of nitrogens with one attached hydrogen (secondary N) is 1. The zero-order chi connectivity index (χ0) is 16.0. The van der Waals surface area contributed by atoms with Gasteiger partial charge in [0.25, 0.3) is 0 Å². The van der Waals surface area contributed by atoms with E-state index in [1.807, 2.05) is 0 Å². The van der Waals surface area contributed by atoms with Crippen molar-refractivity contribution in [1.82, 2.24) is 10.2 Å². The van der Waals surface area contributed by atoms with Gasteiger partial charge in [-0.1, -0.05) is 0 Å². The van der Waals surface area contributed by atoms with Crippen molar-refractivity contribution in [1.29, 1.82) is 0 Å². The summed E-state index contributed by atoms with van der Waals surface area (Å²) in [5.41, 5.74) is -3.46. The van der Waals surface area contributed by atoms with E-state index in [-0.39, 0.29) is 6.04 Å². The number of carbonyl (C=O) groups excluding carboxylic acids is 1. The molecule has 2 heterocycles. The summed E-state index contributed by atoms with van der Waals surface area (Å²) in [6.45, 7) is -0.0546. The molecule has 2 amide bonds. The number of rotatable bonds is 2. The van der Waals surface area contributed by atoms with E-state index in [2.05, 4.69) is 10.1 Å². The zero-order valence-corrected chi connectivity index (χ0v) is 10.8. The summed E-state index contributed by atoms with van der Waals surface area (Å²) < 4.78 is 57.5. The smallest absolute Gasteiger partial charge is 0.393 e. The first-order chi connectivity index (χ1) is 9.64. The largest absolute Gasteiger partial charge is 0.422 e. The van der Waals surface area contributed by atoms with Gasteiger partial charge in [-0.15, -0.1) is 0 Å². The van der Waals surface area contributed by atoms with E-state index < -0.39 is 42.9 Å². The first-order valence-electron chi connectivity index (χ1n) is 6.09. The average Bonchev–Trinajstić information content (AvgIpc) is 2.63. The van der Waals surface area contributed by atoms with Gasteiger partial charge in [0, 0.05) is 12.2 Å². The van der Waals surface area contributed by atoms with Gasteiger partial charge in [-0.2, -0.15) is 13.2 Å². The van der Waals surface area contributed by atoms with Gasteiger partial charge in [0.1, 0.15) is 6.10 Å². The maximum Gasteiger partial charge on any atom is 0.422 e. The standard InChI is InChI=1S/C11H14F4N2O4/c1-5-2-3-17(9(20)16-5)8-6(12)7(19)10(4-18,21-8)11(13,14)15/h2-3,5-8,18-19H,4H2,1H3,(H,16,20)/t5?,6-,7+,8-,10-/m1/s1. The van der Waals surface area contributed by atoms with Crippen molar-refractivity contribution < 1.29 is 37.3 Å². The summed E-state index contributed by atoms with van der Waals surface area (Å²) in [5, 5.41) is 20.8. The third-order valence-corrected chi connectivity index (χ3v) is 3.49. The molecule has 0 aromatic heterocycles. The van der Waals surface area contributed by atoms with E-state index in [9.17, 15) is 27.5 Å². The van der Waals surface area contributed by atoms with E-state index >= 15 is 0 Å². The first kappa shape index (κ1) is 16.0. The molecule has 120 valence electrons. The van der Waals surface area contributed by atoms with Crippen LogP contribution in [0.1, 0.15) is 6.92 Å². The van der Waals surface area contributed by atoms with Gasteiger partial charge in [0.05, 0.1) is 6.61 Å². The van der Waals surface area contributed by atoms with Crippen LogP contribution in [0.2, 0.25) is 0 Å². The van der Waals surface area contributed by atoms with Crippen molar-refractivity contribution in [3.05, 3.63) is 12.3 Å². The Labute approximate surface area is 117 Å². The Hall–Kier alpha value is -1.39. The number of aliphatic hydroxyl groups excluding tert-OH is 2. The number of carbonyl (C=O) groups is 1. The third-order valence-electron chi connectivity index (χ3n) is 3.49. The Morgan fingerprint density at radius 3 is 2.57 bits per heavy atom. The predicted molar refractivity (Wildman–Crippen MR) is 60.6 cm³/mol. The van der Waals surface area contributed by atoms with Gasteiger partial charge >= 0.3 is 12.2 Å². The number of hydrogen-bond acceptors (Lipinski definition) is 4. The second kappa shape index (κ2) is 5.11. The zero-order valence-electron chi connectivity index (χ0n) is 10.8. The minimum absolute atomic E-state index is 0.372. The molecule has 0 radical (unpaired) electrons. The molecule has 10 heteroatoms. The number of nitrogens with zero attached hydrogens (tertiary/aromatic N) is 1. The minimum atomic E-state index is -5.20. The summed E-state index contributed by atoms with van der Waals surface area (Å²) in [6, 6.07) is -1.23. The van der Waals surface area contributed by atoms with Crippen molar-refractivity contribution >= 4 is 6.03 Å². The van der Waals surface area contributed by atoms with Crippen LogP contribution < -0.4 is 5.32 Å². The van der Waals surface area contributed by atoms with Gasteiger partial charge < -0.3 is 20.3 Å². The van der Waals surface area contributed by atoms with E-state index in [0.29, 0.717) is 4.90 Å². The molecular formula is C11H14F4N2O4. The Morgan fingerprint density at radius 1 is 1.52 bits per heavy atom. The van der Waals surface area contributed by atoms with Crippen LogP contribution in [0.25, 0.3) is 0 Å². The Kier molecular flexibility index (Phi) is 3.89. The molecule has 2 aliphatic heterocycles. The van der Waals surface area contributed by atoms with Crippen LogP contribution in [0.15, 0.2) is 12.3 Å². The number of alkyl halides is 4. The van der Waals surface area contributed by atoms with E-state index in [1.165, 1.54) is 6.08 Å². The second-order valence-corrected chi connectivity index (χ2v) is 4.93. The Balaban J connectivity index is 2.32. The molecule has 6 nitrogen and oxygen atoms in total. The molecule has 0 spiro atoms. The lowest BCUT2D eigenvalue weighted by molar-refractivity contribution is -0.305. The highest BCUT2D eigenvalue weighted by atomic mass is 19.4. The SMILES string of the molecule is CC1C=CN([C@@H]2O[C@@](CO)(C(F)(F)F)[C@@H](O)[C@H]2F)C(=O)N1. The lowest BCUT2D eigenvalue weighted by Crippen LogP contribution is -2.57. The Bertz CT molecular complexity index is 458. The molecule has 0 aromatic carbocycles. The lowest BCUT2D eigenvalue weighted by atomic mass is 9.96. The van der Waals surface area contributed by atoms with Crippen LogP contribution in [-0.4, -0.2) is 64.1 Å². The molecule has 3 N–H and O–H groups in total. The third kappa shape index (κ3) is 2.36. The molecule has 0 saturated carbocycles. The second-order valence-electron chi connectivity index (χ2n) is 4.93. The van der Waals surface area contributed by atoms with Crippen LogP contribution in [0.3, 0.4) is 0 Å². The van der Waals surface area contributed by atoms with Crippen molar-refractivity contribution in [3.8, 4) is 0 Å². The van der Waals surface area contributed by atoms with E-state index in [1.54, 1.807) is 6.92 Å². The fraction of sp³-hybridized carbons (Fsp3) is 0.727. The molecule has 2 aliphatic rings. The van der Waals surface area contributed by atoms with Crippen LogP contribution in [0, 0.1) is 0 Å². The quantitative estimate of drug-likeness (QED) is 0.639. The molecule has 1 fully saturated rings. The van der Waals surface area contributed by atoms with Gasteiger partial charge in [-0.25, -0.2) is 9.18 Å². The van der Waals surface area contributed by atoms with Crippen LogP contribution >= 0.6 is 0 Å². The van der Waals surface area contributed by atoms with Crippen molar-refractivity contribution in [2.24, 2.45) is 0 Å². The summed E-state index contributed by atoms with van der Waals surface area (Å²) in [7, 11) is 0. The van der Waals surface area contributed by atoms with Crippen molar-refractivity contribution in [3.63, 3.8) is 0 Å². The van der Waals surface area contributed by atoms with Crippen LogP contribution in [0.5, 0.6) is 0 Å². The van der Waals surface area contributed by atoms with Crippen molar-refractivity contribution in [2.75, 3.05) is 6.61 Å². The number of aliphatic hydroxyl groups is 2. The molecule has 0 aromatic rings. The average molecular weight is 314 g/mol. The van der Waals surface area contributed by atoms with E-state index in [0.717, 1.165) is 6.20 Å². The lowest BCUT2D eigenvalue weighted by Gasteiger charge is -2.34. The monoisotopic (exact) mass is 314 g/mol. The number of halogens is 4. The number of ether oxygens (including phenoxy) is 1. The first-order valence-corrected chi connectivity index (χ1v) is 6.09. The summed E-state index contributed by atoms with van der Waals surface area (Å²) in [5.74, 6) is 0. The highest BCUT2D eigenvalue weighted by Crippen LogP contribution is 2.45. The summed E-state index contributed by atoms with van der Waals surface area (Å²) >= 11 is 0. The molecule has 0 aliphatic carbocycles. The van der Waals surface area contributed by atoms with E-state index in [4.69, 9.17) is 5.11 Å². The summed E-state index contributed by atoms with van der Waals surface area (Å²) in [6.07, 6.45) is -9.87. The van der Waals surface area contributed by atoms with Gasteiger partial charge in [0.2, 0.25) is 5.60 Å². The van der Waals surface area contributed by atoms with Gasteiger partial charge in [-0.05, 0) is 13.0 Å². The number of urea groups is 1. The maximum atomic E-state index is 14.0. The molecule has 5 atom stereocenters. The highest BCUT2D eigenvalue weighted by molar-refractivity contribution is 5.77. The molecule has 2 rings (SSSR count). The van der Waals surface area contributed by atoms with Crippen LogP contribution in [0.4, 0.5) is 22.4 Å². The van der Waals surface area contributed by atoms with Gasteiger partial charge in [-0.3, -0.25) is 4.90 Å². The number of hydrogen-bond donors (Lipinski definition) is 3. The van der Waals surface area contributed by atoms with Crippen molar-refractivity contribution in [2.45, 2.75) is 43.2 Å². The van der Waals surface area contributed by atoms with Gasteiger partial charge in [0.15, 0.2) is 12.4 Å². The fourth-order valence-corrected chi connectivity index (χ4v) is 2.24. The molecular weight excluding hydrogens is 300 g/mol. The minimum Gasteiger partial charge on any atom is -0.393 e. The highest BCUT2D eigenvalue weighted by Gasteiger charge is 2.70. The molecule has 21 heavy (non-hydrogen) atoms. The molecule has 1 unspecified atom stereocenters. The number of amides is 2. The van der Waals surface area contributed by atoms with Crippen LogP contribution in [-0.2, 0) is 4.74 Å². The Morgan fingerprint density at radius 2 is 2.14 bits per heavy atom. The molecule has 1 saturated heterocycles. The molecule has 0 bridgehead atoms. The topological polar surface area (TPSA) is 82.0 Å². The fourth-order valence-electron chi connectivity index (χ4n) is 2.24. The summed E-state index contributed by atoms with van der Waals surface area (Å²) in [4.78, 5) is 12.3.